The summed E-state index contributed by atoms with van der Waals surface area (Å²) < 4.78 is 23.7. The molecule has 0 aliphatic heterocycles. The number of benzene rings is 3. The predicted molar refractivity (Wildman–Crippen MR) is 112 cm³/mol. The summed E-state index contributed by atoms with van der Waals surface area (Å²) in [5, 5.41) is 2.64. The number of hydrogen-bond acceptors (Lipinski definition) is 4. The fraction of sp³-hybridized carbons (Fsp3) is 0.130. The molecule has 1 N–H and O–H groups in total. The van der Waals surface area contributed by atoms with Crippen LogP contribution in [-0.4, -0.2) is 25.8 Å². The fourth-order valence-electron chi connectivity index (χ4n) is 2.57. The molecule has 0 unspecified atom stereocenters. The maximum Gasteiger partial charge on any atom is 0.262 e. The van der Waals surface area contributed by atoms with Crippen molar-refractivity contribution in [3.8, 4) is 11.5 Å². The van der Waals surface area contributed by atoms with Gasteiger partial charge in [0.25, 0.3) is 5.91 Å². The molecule has 0 atom stereocenters. The zero-order chi connectivity index (χ0) is 20.6. The number of halogens is 1. The van der Waals surface area contributed by atoms with Crippen molar-refractivity contribution in [3.63, 3.8) is 0 Å². The van der Waals surface area contributed by atoms with Crippen molar-refractivity contribution < 1.29 is 18.7 Å². The van der Waals surface area contributed by atoms with E-state index in [4.69, 9.17) is 9.47 Å². The molecule has 0 bridgehead atoms. The van der Waals surface area contributed by atoms with Gasteiger partial charge in [-0.25, -0.2) is 4.39 Å². The molecular formula is C23H21FN2O3. The molecular weight excluding hydrogens is 371 g/mol. The maximum absolute atomic E-state index is 12.9. The van der Waals surface area contributed by atoms with Crippen molar-refractivity contribution in [3.05, 3.63) is 83.7 Å². The predicted octanol–water partition coefficient (Wildman–Crippen LogP) is 4.91. The van der Waals surface area contributed by atoms with Gasteiger partial charge in [0.05, 0.1) is 7.11 Å². The van der Waals surface area contributed by atoms with Gasteiger partial charge in [-0.3, -0.25) is 9.79 Å². The number of rotatable bonds is 7. The van der Waals surface area contributed by atoms with Gasteiger partial charge in [-0.15, -0.1) is 0 Å². The number of carbonyl (C=O) groups is 1. The first-order chi connectivity index (χ1) is 14.0. The summed E-state index contributed by atoms with van der Waals surface area (Å²) in [7, 11) is 1.61. The Morgan fingerprint density at radius 1 is 1.07 bits per heavy atom. The minimum Gasteiger partial charge on any atom is -0.494 e. The molecule has 0 heterocycles. The number of nitrogens with zero attached hydrogens (tertiary/aromatic N) is 1. The molecule has 29 heavy (non-hydrogen) atoms. The minimum atomic E-state index is -0.358. The molecule has 3 aromatic rings. The van der Waals surface area contributed by atoms with E-state index in [0.29, 0.717) is 17.2 Å². The SMILES string of the molecule is COc1ccc(C)cc1N=Cc1ccc(OCC(=O)Nc2ccc(F)cc2)cc1. The molecule has 0 radical (unpaired) electrons. The highest BCUT2D eigenvalue weighted by molar-refractivity contribution is 5.91. The van der Waals surface area contributed by atoms with Crippen molar-refractivity contribution in [2.24, 2.45) is 4.99 Å². The van der Waals surface area contributed by atoms with Crippen molar-refractivity contribution in [1.29, 1.82) is 0 Å². The van der Waals surface area contributed by atoms with E-state index >= 15 is 0 Å². The van der Waals surface area contributed by atoms with Crippen LogP contribution in [0.2, 0.25) is 0 Å². The van der Waals surface area contributed by atoms with E-state index in [1.807, 2.05) is 37.3 Å². The van der Waals surface area contributed by atoms with Crippen LogP contribution < -0.4 is 14.8 Å². The average Bonchev–Trinajstić information content (AvgIpc) is 2.73. The lowest BCUT2D eigenvalue weighted by Crippen LogP contribution is -2.20. The summed E-state index contributed by atoms with van der Waals surface area (Å²) in [5.41, 5.74) is 3.25. The number of ether oxygens (including phenoxy) is 2. The summed E-state index contributed by atoms with van der Waals surface area (Å²) in [6.07, 6.45) is 1.74. The second kappa shape index (κ2) is 9.50. The van der Waals surface area contributed by atoms with Gasteiger partial charge in [-0.1, -0.05) is 6.07 Å². The highest BCUT2D eigenvalue weighted by Crippen LogP contribution is 2.28. The molecule has 0 saturated heterocycles. The number of aryl methyl sites for hydroxylation is 1. The molecule has 0 aromatic heterocycles. The number of anilines is 1. The normalized spacial score (nSPS) is 10.7. The first-order valence-corrected chi connectivity index (χ1v) is 9.00. The first-order valence-electron chi connectivity index (χ1n) is 9.00. The maximum atomic E-state index is 12.9. The molecule has 1 amide bonds. The Labute approximate surface area is 168 Å². The van der Waals surface area contributed by atoms with Gasteiger partial charge in [0, 0.05) is 11.9 Å². The van der Waals surface area contributed by atoms with Gasteiger partial charge < -0.3 is 14.8 Å². The molecule has 3 rings (SSSR count). The largest absolute Gasteiger partial charge is 0.494 e. The summed E-state index contributed by atoms with van der Waals surface area (Å²) in [6.45, 7) is 1.85. The van der Waals surface area contributed by atoms with Crippen LogP contribution in [-0.2, 0) is 4.79 Å². The monoisotopic (exact) mass is 392 g/mol. The van der Waals surface area contributed by atoms with Gasteiger partial charge >= 0.3 is 0 Å². The molecule has 5 nitrogen and oxygen atoms in total. The van der Waals surface area contributed by atoms with Crippen LogP contribution in [0, 0.1) is 12.7 Å². The number of aliphatic imine (C=N–C) groups is 1. The lowest BCUT2D eigenvalue weighted by Gasteiger charge is -2.08. The third kappa shape index (κ3) is 5.90. The summed E-state index contributed by atoms with van der Waals surface area (Å²) >= 11 is 0. The van der Waals surface area contributed by atoms with Crippen molar-refractivity contribution in [2.75, 3.05) is 19.0 Å². The number of methoxy groups -OCH3 is 1. The molecule has 0 aliphatic carbocycles. The van der Waals surface area contributed by atoms with Crippen LogP contribution in [0.5, 0.6) is 11.5 Å². The molecule has 6 heteroatoms. The van der Waals surface area contributed by atoms with Crippen molar-refractivity contribution in [1.82, 2.24) is 0 Å². The molecule has 0 aliphatic rings. The lowest BCUT2D eigenvalue weighted by molar-refractivity contribution is -0.118. The van der Waals surface area contributed by atoms with Gasteiger partial charge in [0.15, 0.2) is 6.61 Å². The van der Waals surface area contributed by atoms with E-state index in [2.05, 4.69) is 10.3 Å². The number of hydrogen-bond donors (Lipinski definition) is 1. The lowest BCUT2D eigenvalue weighted by atomic mass is 10.2. The van der Waals surface area contributed by atoms with Crippen LogP contribution >= 0.6 is 0 Å². The zero-order valence-electron chi connectivity index (χ0n) is 16.2. The highest BCUT2D eigenvalue weighted by Gasteiger charge is 2.04. The van der Waals surface area contributed by atoms with Crippen LogP contribution in [0.1, 0.15) is 11.1 Å². The smallest absolute Gasteiger partial charge is 0.262 e. The van der Waals surface area contributed by atoms with Crippen LogP contribution in [0.3, 0.4) is 0 Å². The van der Waals surface area contributed by atoms with E-state index in [9.17, 15) is 9.18 Å². The minimum absolute atomic E-state index is 0.148. The van der Waals surface area contributed by atoms with E-state index in [1.54, 1.807) is 25.5 Å². The molecule has 148 valence electrons. The molecule has 3 aromatic carbocycles. The van der Waals surface area contributed by atoms with Gasteiger partial charge in [0.2, 0.25) is 0 Å². The highest BCUT2D eigenvalue weighted by atomic mass is 19.1. The third-order valence-corrected chi connectivity index (χ3v) is 4.07. The molecule has 0 saturated carbocycles. The molecule has 0 fully saturated rings. The Bertz CT molecular complexity index is 1000. The third-order valence-electron chi connectivity index (χ3n) is 4.07. The Kier molecular flexibility index (Phi) is 6.58. The van der Waals surface area contributed by atoms with E-state index in [0.717, 1.165) is 16.8 Å². The van der Waals surface area contributed by atoms with E-state index in [-0.39, 0.29) is 18.3 Å². The number of amides is 1. The molecule has 0 spiro atoms. The Morgan fingerprint density at radius 2 is 1.79 bits per heavy atom. The first kappa shape index (κ1) is 20.1. The van der Waals surface area contributed by atoms with Crippen LogP contribution in [0.15, 0.2) is 71.7 Å². The summed E-state index contributed by atoms with van der Waals surface area (Å²) in [4.78, 5) is 16.4. The summed E-state index contributed by atoms with van der Waals surface area (Å²) in [6, 6.07) is 18.6. The van der Waals surface area contributed by atoms with Crippen LogP contribution in [0.4, 0.5) is 15.8 Å². The van der Waals surface area contributed by atoms with Gasteiger partial charge in [-0.2, -0.15) is 0 Å². The second-order valence-corrected chi connectivity index (χ2v) is 6.35. The topological polar surface area (TPSA) is 59.9 Å². The van der Waals surface area contributed by atoms with E-state index < -0.39 is 0 Å². The van der Waals surface area contributed by atoms with E-state index in [1.165, 1.54) is 24.3 Å². The van der Waals surface area contributed by atoms with Crippen molar-refractivity contribution >= 4 is 23.5 Å². The van der Waals surface area contributed by atoms with Crippen molar-refractivity contribution in [2.45, 2.75) is 6.92 Å². The van der Waals surface area contributed by atoms with Gasteiger partial charge in [0.1, 0.15) is 23.0 Å². The second-order valence-electron chi connectivity index (χ2n) is 6.35. The number of nitrogens with one attached hydrogen (secondary N) is 1. The Balaban J connectivity index is 1.55. The Morgan fingerprint density at radius 3 is 2.48 bits per heavy atom. The standard InChI is InChI=1S/C23H21FN2O3/c1-16-3-12-22(28-2)21(13-16)25-14-17-4-10-20(11-5-17)29-15-23(27)26-19-8-6-18(24)7-9-19/h3-14H,15H2,1-2H3,(H,26,27). The van der Waals surface area contributed by atoms with Crippen LogP contribution in [0.25, 0.3) is 0 Å². The average molecular weight is 392 g/mol. The number of carbonyl (C=O) groups excluding carboxylic acids is 1. The quantitative estimate of drug-likeness (QED) is 0.581. The van der Waals surface area contributed by atoms with Gasteiger partial charge in [-0.05, 0) is 78.7 Å². The zero-order valence-corrected chi connectivity index (χ0v) is 16.2. The summed E-state index contributed by atoms with van der Waals surface area (Å²) in [5.74, 6) is 0.584. The fourth-order valence-corrected chi connectivity index (χ4v) is 2.57. The Hall–Kier alpha value is -3.67.